The van der Waals surface area contributed by atoms with E-state index in [4.69, 9.17) is 16.6 Å². The fourth-order valence-corrected chi connectivity index (χ4v) is 5.59. The Balaban J connectivity index is 1.50. The number of nitrogen functional groups attached to an aromatic ring is 1. The molecule has 10 heteroatoms. The Morgan fingerprint density at radius 2 is 1.77 bits per heavy atom. The van der Waals surface area contributed by atoms with E-state index in [2.05, 4.69) is 4.98 Å². The molecule has 0 radical (unpaired) electrons. The number of nitrogens with zero attached hydrogens (tertiary/aromatic N) is 4. The van der Waals surface area contributed by atoms with Gasteiger partial charge in [0.25, 0.3) is 0 Å². The number of nitrogens with one attached hydrogen (secondary N) is 2. The first-order valence-corrected chi connectivity index (χ1v) is 13.4. The Bertz CT molecular complexity index is 1620. The van der Waals surface area contributed by atoms with Gasteiger partial charge in [-0.15, -0.1) is 0 Å². The zero-order valence-electron chi connectivity index (χ0n) is 22.4. The summed E-state index contributed by atoms with van der Waals surface area (Å²) in [6.45, 7) is 3.64. The zero-order chi connectivity index (χ0) is 28.4. The van der Waals surface area contributed by atoms with Crippen molar-refractivity contribution in [2.75, 3.05) is 18.0 Å². The maximum absolute atomic E-state index is 13.4. The number of amidine groups is 2. The topological polar surface area (TPSA) is 152 Å². The molecular weight excluding hydrogens is 506 g/mol. The third kappa shape index (κ3) is 5.38. The summed E-state index contributed by atoms with van der Waals surface area (Å²) < 4.78 is 2.04. The molecule has 3 aromatic carbocycles. The van der Waals surface area contributed by atoms with Gasteiger partial charge in [-0.2, -0.15) is 0 Å². The minimum atomic E-state index is -1.00. The molecule has 1 fully saturated rings. The Hall–Kier alpha value is -4.73. The molecule has 0 bridgehead atoms. The number of nitrogens with two attached hydrogens (primary N) is 1. The van der Waals surface area contributed by atoms with Crippen molar-refractivity contribution >= 4 is 51.0 Å². The van der Waals surface area contributed by atoms with Crippen LogP contribution >= 0.6 is 0 Å². The number of carboxylic acid groups (broad SMARTS) is 1. The zero-order valence-corrected chi connectivity index (χ0v) is 22.4. The number of hydrogen-bond donors (Lipinski definition) is 4. The molecule has 4 aromatic rings. The van der Waals surface area contributed by atoms with Crippen LogP contribution in [0, 0.1) is 10.8 Å². The van der Waals surface area contributed by atoms with Gasteiger partial charge in [0.05, 0.1) is 29.6 Å². The highest BCUT2D eigenvalue weighted by atomic mass is 16.4. The fourth-order valence-electron chi connectivity index (χ4n) is 5.59. The number of aromatic nitrogens is 2. The third-order valence-corrected chi connectivity index (χ3v) is 7.65. The molecule has 1 aromatic heterocycles. The minimum Gasteiger partial charge on any atom is -0.481 e. The van der Waals surface area contributed by atoms with E-state index in [1.165, 1.54) is 0 Å². The van der Waals surface area contributed by atoms with Crippen molar-refractivity contribution in [3.63, 3.8) is 0 Å². The van der Waals surface area contributed by atoms with E-state index in [1.54, 1.807) is 18.2 Å². The molecule has 0 spiro atoms. The lowest BCUT2D eigenvalue weighted by Gasteiger charge is -2.39. The van der Waals surface area contributed by atoms with Crippen molar-refractivity contribution in [2.24, 2.45) is 5.73 Å². The first-order valence-electron chi connectivity index (χ1n) is 13.4. The molecule has 1 aliphatic rings. The summed E-state index contributed by atoms with van der Waals surface area (Å²) in [7, 11) is 0. The van der Waals surface area contributed by atoms with E-state index < -0.39 is 5.97 Å². The van der Waals surface area contributed by atoms with Gasteiger partial charge in [0.1, 0.15) is 5.84 Å². The normalized spacial score (nSPS) is 14.0. The third-order valence-electron chi connectivity index (χ3n) is 7.65. The average Bonchev–Trinajstić information content (AvgIpc) is 3.34. The largest absolute Gasteiger partial charge is 0.481 e. The Morgan fingerprint density at radius 3 is 2.45 bits per heavy atom. The highest BCUT2D eigenvalue weighted by Crippen LogP contribution is 2.30. The Kier molecular flexibility index (Phi) is 7.50. The number of piperidine rings is 1. The second-order valence-corrected chi connectivity index (χ2v) is 10.2. The van der Waals surface area contributed by atoms with Crippen molar-refractivity contribution in [1.29, 1.82) is 10.8 Å². The summed E-state index contributed by atoms with van der Waals surface area (Å²) in [5.41, 5.74) is 9.93. The molecule has 5 N–H and O–H groups in total. The average molecular weight is 540 g/mol. The highest BCUT2D eigenvalue weighted by molar-refractivity contribution is 6.08. The van der Waals surface area contributed by atoms with Crippen LogP contribution in [0.5, 0.6) is 0 Å². The van der Waals surface area contributed by atoms with Gasteiger partial charge in [0.15, 0.2) is 0 Å². The second kappa shape index (κ2) is 11.2. The minimum absolute atomic E-state index is 0.0229. The van der Waals surface area contributed by atoms with Crippen LogP contribution in [0.15, 0.2) is 60.9 Å². The van der Waals surface area contributed by atoms with E-state index in [0.29, 0.717) is 49.6 Å². The number of anilines is 1. The molecule has 1 aliphatic heterocycles. The van der Waals surface area contributed by atoms with Gasteiger partial charge in [0.2, 0.25) is 5.91 Å². The standard InChI is InChI=1S/C30H33N7O3/c1-19(31)35-14-12-21(13-15-35)37(28(38)10-11-29(39)40)22-7-9-26-27(16-22)36(18-34-26)17-20-6-8-25(30(32)33)24-5-3-2-4-23(20)24/h2-9,16,18,21,31H,10-15,17H2,1H3,(H3,32,33)(H,39,40). The predicted molar refractivity (Wildman–Crippen MR) is 156 cm³/mol. The molecule has 10 nitrogen and oxygen atoms in total. The van der Waals surface area contributed by atoms with Crippen LogP contribution in [-0.4, -0.2) is 62.2 Å². The number of imidazole rings is 1. The molecule has 206 valence electrons. The molecule has 0 unspecified atom stereocenters. The molecule has 2 heterocycles. The van der Waals surface area contributed by atoms with Crippen molar-refractivity contribution in [3.05, 3.63) is 72.1 Å². The van der Waals surface area contributed by atoms with E-state index in [9.17, 15) is 14.7 Å². The van der Waals surface area contributed by atoms with E-state index in [0.717, 1.165) is 27.4 Å². The van der Waals surface area contributed by atoms with Crippen LogP contribution in [0.25, 0.3) is 21.8 Å². The number of benzene rings is 3. The molecule has 1 saturated heterocycles. The number of carbonyl (C=O) groups is 2. The summed E-state index contributed by atoms with van der Waals surface area (Å²) in [4.78, 5) is 33.0. The van der Waals surface area contributed by atoms with E-state index in [1.807, 2.05) is 64.1 Å². The fraction of sp³-hybridized carbons (Fsp3) is 0.300. The summed E-state index contributed by atoms with van der Waals surface area (Å²) in [6, 6.07) is 17.4. The lowest BCUT2D eigenvalue weighted by Crippen LogP contribution is -2.48. The van der Waals surface area contributed by atoms with Gasteiger partial charge in [-0.1, -0.05) is 36.4 Å². The smallest absolute Gasteiger partial charge is 0.303 e. The van der Waals surface area contributed by atoms with Gasteiger partial charge < -0.3 is 25.2 Å². The number of likely N-dealkylation sites (tertiary alicyclic amines) is 1. The molecule has 1 amide bonds. The van der Waals surface area contributed by atoms with Gasteiger partial charge >= 0.3 is 5.97 Å². The number of hydrogen-bond acceptors (Lipinski definition) is 5. The van der Waals surface area contributed by atoms with Crippen LogP contribution in [0.3, 0.4) is 0 Å². The van der Waals surface area contributed by atoms with E-state index >= 15 is 0 Å². The first kappa shape index (κ1) is 26.9. The van der Waals surface area contributed by atoms with Crippen molar-refractivity contribution < 1.29 is 14.7 Å². The Morgan fingerprint density at radius 1 is 1.05 bits per heavy atom. The van der Waals surface area contributed by atoms with Crippen molar-refractivity contribution in [1.82, 2.24) is 14.5 Å². The summed E-state index contributed by atoms with van der Waals surface area (Å²) in [5, 5.41) is 27.0. The van der Waals surface area contributed by atoms with Crippen LogP contribution in [0.1, 0.15) is 43.7 Å². The number of carbonyl (C=O) groups excluding carboxylic acids is 1. The van der Waals surface area contributed by atoms with Gasteiger partial charge in [0, 0.05) is 43.3 Å². The number of fused-ring (bicyclic) bond motifs is 2. The summed E-state index contributed by atoms with van der Waals surface area (Å²) in [5.74, 6) is -0.686. The van der Waals surface area contributed by atoms with Crippen molar-refractivity contribution in [3.8, 4) is 0 Å². The molecule has 40 heavy (non-hydrogen) atoms. The highest BCUT2D eigenvalue weighted by Gasteiger charge is 2.30. The molecule has 0 saturated carbocycles. The maximum atomic E-state index is 13.4. The van der Waals surface area contributed by atoms with Crippen LogP contribution in [0.4, 0.5) is 5.69 Å². The summed E-state index contributed by atoms with van der Waals surface area (Å²) in [6.07, 6.45) is 2.87. The quantitative estimate of drug-likeness (QED) is 0.195. The Labute approximate surface area is 232 Å². The van der Waals surface area contributed by atoms with Crippen LogP contribution in [0.2, 0.25) is 0 Å². The molecular formula is C30H33N7O3. The van der Waals surface area contributed by atoms with Crippen LogP contribution < -0.4 is 10.6 Å². The SMILES string of the molecule is CC(=N)N1CCC(N(C(=O)CCC(=O)O)c2ccc3ncn(Cc4ccc(C(=N)N)c5ccccc45)c3c2)CC1. The maximum Gasteiger partial charge on any atom is 0.303 e. The number of amides is 1. The van der Waals surface area contributed by atoms with Crippen molar-refractivity contribution in [2.45, 2.75) is 45.2 Å². The second-order valence-electron chi connectivity index (χ2n) is 10.2. The van der Waals surface area contributed by atoms with Crippen LogP contribution in [-0.2, 0) is 16.1 Å². The molecule has 0 aliphatic carbocycles. The number of carboxylic acids is 1. The van der Waals surface area contributed by atoms with E-state index in [-0.39, 0.29) is 30.6 Å². The molecule has 0 atom stereocenters. The lowest BCUT2D eigenvalue weighted by atomic mass is 9.99. The lowest BCUT2D eigenvalue weighted by molar-refractivity contribution is -0.138. The number of aliphatic carboxylic acids is 1. The first-order chi connectivity index (χ1) is 19.2. The molecule has 5 rings (SSSR count). The predicted octanol–water partition coefficient (Wildman–Crippen LogP) is 4.18. The van der Waals surface area contributed by atoms with Gasteiger partial charge in [-0.25, -0.2) is 4.98 Å². The summed E-state index contributed by atoms with van der Waals surface area (Å²) >= 11 is 0. The van der Waals surface area contributed by atoms with Gasteiger partial charge in [-0.3, -0.25) is 20.4 Å². The monoisotopic (exact) mass is 539 g/mol. The number of rotatable bonds is 8. The van der Waals surface area contributed by atoms with Gasteiger partial charge in [-0.05, 0) is 54.3 Å².